The Balaban J connectivity index is 1.64. The molecule has 2 saturated carbocycles. The van der Waals surface area contributed by atoms with Gasteiger partial charge >= 0.3 is 0 Å². The van der Waals surface area contributed by atoms with E-state index in [0.717, 1.165) is 12.3 Å². The number of sulfone groups is 1. The van der Waals surface area contributed by atoms with Gasteiger partial charge in [0.05, 0.1) is 23.6 Å². The van der Waals surface area contributed by atoms with Crippen LogP contribution in [0.3, 0.4) is 0 Å². The second kappa shape index (κ2) is 5.49. The van der Waals surface area contributed by atoms with Gasteiger partial charge in [0.25, 0.3) is 5.91 Å². The number of carbonyl (C=O) groups excluding carboxylic acids is 1. The van der Waals surface area contributed by atoms with Gasteiger partial charge in [0, 0.05) is 11.3 Å². The molecule has 0 aromatic carbocycles. The van der Waals surface area contributed by atoms with Crippen molar-refractivity contribution in [1.82, 2.24) is 4.90 Å². The Morgan fingerprint density at radius 3 is 2.78 bits per heavy atom. The van der Waals surface area contributed by atoms with Crippen molar-refractivity contribution in [1.29, 1.82) is 5.26 Å². The maximum absolute atomic E-state index is 12.0. The highest BCUT2D eigenvalue weighted by Crippen LogP contribution is 2.51. The first-order chi connectivity index (χ1) is 11.0. The fraction of sp³-hybridized carbons (Fsp3) is 0.800. The molecule has 0 radical (unpaired) electrons. The molecule has 124 valence electrons. The monoisotopic (exact) mass is 353 g/mol. The van der Waals surface area contributed by atoms with Crippen molar-refractivity contribution in [2.45, 2.75) is 49.4 Å². The zero-order valence-corrected chi connectivity index (χ0v) is 14.4. The van der Waals surface area contributed by atoms with E-state index in [4.69, 9.17) is 5.26 Å². The van der Waals surface area contributed by atoms with Gasteiger partial charge in [0.15, 0.2) is 15.0 Å². The minimum atomic E-state index is -3.00. The topological polar surface area (TPSA) is 90.6 Å². The van der Waals surface area contributed by atoms with Crippen LogP contribution in [-0.4, -0.2) is 53.2 Å². The zero-order chi connectivity index (χ0) is 16.2. The first kappa shape index (κ1) is 15.5. The van der Waals surface area contributed by atoms with Crippen LogP contribution in [0.25, 0.3) is 0 Å². The Kier molecular flexibility index (Phi) is 3.69. The first-order valence-corrected chi connectivity index (χ1v) is 10.8. The average Bonchev–Trinajstić information content (AvgIpc) is 3.18. The van der Waals surface area contributed by atoms with Crippen LogP contribution in [0.4, 0.5) is 0 Å². The van der Waals surface area contributed by atoms with E-state index in [1.165, 1.54) is 31.0 Å². The number of fused-ring (bicyclic) bond motifs is 3. The molecule has 0 N–H and O–H groups in total. The molecule has 0 unspecified atom stereocenters. The van der Waals surface area contributed by atoms with Gasteiger partial charge in [-0.1, -0.05) is 18.2 Å². The van der Waals surface area contributed by atoms with E-state index in [1.54, 1.807) is 0 Å². The molecule has 5 atom stereocenters. The summed E-state index contributed by atoms with van der Waals surface area (Å²) >= 11 is 1.43. The second-order valence-electron chi connectivity index (χ2n) is 7.07. The van der Waals surface area contributed by atoms with Crippen LogP contribution >= 0.6 is 11.8 Å². The van der Waals surface area contributed by atoms with Gasteiger partial charge in [-0.05, 0) is 31.1 Å². The number of hydrogen-bond donors (Lipinski definition) is 0. The van der Waals surface area contributed by atoms with Gasteiger partial charge in [-0.3, -0.25) is 4.79 Å². The normalized spacial score (nSPS) is 42.1. The fourth-order valence-electron chi connectivity index (χ4n) is 4.74. The highest BCUT2D eigenvalue weighted by molar-refractivity contribution is 8.15. The molecule has 1 amide bonds. The van der Waals surface area contributed by atoms with Gasteiger partial charge in [-0.25, -0.2) is 8.42 Å². The molecule has 0 aromatic heterocycles. The van der Waals surface area contributed by atoms with Crippen LogP contribution in [0.5, 0.6) is 0 Å². The van der Waals surface area contributed by atoms with E-state index in [-0.39, 0.29) is 29.2 Å². The summed E-state index contributed by atoms with van der Waals surface area (Å²) in [5.74, 6) is 1.25. The molecule has 2 aliphatic heterocycles. The lowest BCUT2D eigenvalue weighted by Gasteiger charge is -2.36. The Morgan fingerprint density at radius 2 is 2.13 bits per heavy atom. The third-order valence-electron chi connectivity index (χ3n) is 5.62. The minimum absolute atomic E-state index is 0.0206. The summed E-state index contributed by atoms with van der Waals surface area (Å²) in [4.78, 5) is 18.1. The van der Waals surface area contributed by atoms with Crippen LogP contribution in [0.2, 0.25) is 0 Å². The number of amidine groups is 1. The lowest BCUT2D eigenvalue weighted by atomic mass is 9.93. The van der Waals surface area contributed by atoms with Crippen LogP contribution in [0, 0.1) is 23.2 Å². The number of thioether (sulfide) groups is 1. The van der Waals surface area contributed by atoms with Gasteiger partial charge < -0.3 is 4.90 Å². The number of nitrogens with zero attached hydrogens (tertiary/aromatic N) is 3. The van der Waals surface area contributed by atoms with E-state index in [9.17, 15) is 13.2 Å². The molecule has 0 aromatic rings. The van der Waals surface area contributed by atoms with Crippen molar-refractivity contribution in [3.8, 4) is 6.07 Å². The van der Waals surface area contributed by atoms with Crippen molar-refractivity contribution >= 4 is 32.7 Å². The largest absolute Gasteiger partial charge is 0.343 e. The minimum Gasteiger partial charge on any atom is -0.343 e. The molecule has 2 aliphatic carbocycles. The zero-order valence-electron chi connectivity index (χ0n) is 12.7. The predicted molar refractivity (Wildman–Crippen MR) is 87.6 cm³/mol. The first-order valence-electron chi connectivity index (χ1n) is 8.11. The average molecular weight is 353 g/mol. The van der Waals surface area contributed by atoms with Gasteiger partial charge in [0.1, 0.15) is 6.42 Å². The maximum Gasteiger partial charge on any atom is 0.262 e. The van der Waals surface area contributed by atoms with Crippen molar-refractivity contribution in [3.63, 3.8) is 0 Å². The molecule has 8 heteroatoms. The summed E-state index contributed by atoms with van der Waals surface area (Å²) in [6.45, 7) is 0. The SMILES string of the molecule is N#CCC(=O)N=C1S[C@@H]2CS(=O)(=O)C[C@@H]2N1[C@@H]1C[C@H]2CC[C@H]1C2. The van der Waals surface area contributed by atoms with Crippen molar-refractivity contribution in [2.75, 3.05) is 11.5 Å². The Hall–Kier alpha value is -1.07. The number of nitriles is 1. The standard InChI is InChI=1S/C15H19N3O3S2/c16-4-3-14(19)17-15-18(11-6-9-1-2-10(11)5-9)12-7-23(20,21)8-13(12)22-15/h9-13H,1-3,5-8H2/t9-,10-,11+,12-,13+/m0/s1. The van der Waals surface area contributed by atoms with E-state index < -0.39 is 15.7 Å². The van der Waals surface area contributed by atoms with Crippen molar-refractivity contribution in [2.24, 2.45) is 16.8 Å². The Labute approximate surface area is 140 Å². The summed E-state index contributed by atoms with van der Waals surface area (Å²) in [6, 6.07) is 2.10. The van der Waals surface area contributed by atoms with Crippen LogP contribution in [0.1, 0.15) is 32.1 Å². The van der Waals surface area contributed by atoms with Crippen LogP contribution < -0.4 is 0 Å². The third-order valence-corrected chi connectivity index (χ3v) is 8.84. The highest BCUT2D eigenvalue weighted by atomic mass is 32.2. The molecule has 4 rings (SSSR count). The number of rotatable bonds is 2. The van der Waals surface area contributed by atoms with E-state index in [1.807, 2.05) is 6.07 Å². The van der Waals surface area contributed by atoms with Gasteiger partial charge in [-0.15, -0.1) is 0 Å². The summed E-state index contributed by atoms with van der Waals surface area (Å²) in [5.41, 5.74) is 0. The summed E-state index contributed by atoms with van der Waals surface area (Å²) < 4.78 is 24.0. The second-order valence-corrected chi connectivity index (χ2v) is 10.4. The van der Waals surface area contributed by atoms with Crippen LogP contribution in [-0.2, 0) is 14.6 Å². The Morgan fingerprint density at radius 1 is 1.30 bits per heavy atom. The van der Waals surface area contributed by atoms with Gasteiger partial charge in [-0.2, -0.15) is 10.3 Å². The van der Waals surface area contributed by atoms with E-state index in [0.29, 0.717) is 17.1 Å². The van der Waals surface area contributed by atoms with Gasteiger partial charge in [0.2, 0.25) is 0 Å². The molecule has 6 nitrogen and oxygen atoms in total. The number of hydrogen-bond acceptors (Lipinski definition) is 5. The Bertz CT molecular complexity index is 712. The summed E-state index contributed by atoms with van der Waals surface area (Å²) in [7, 11) is -3.00. The third kappa shape index (κ3) is 2.68. The molecule has 4 aliphatic rings. The molecule has 0 spiro atoms. The molecule has 2 bridgehead atoms. The fourth-order valence-corrected chi connectivity index (χ4v) is 8.73. The van der Waals surface area contributed by atoms with E-state index in [2.05, 4.69) is 9.89 Å². The number of carbonyl (C=O) groups is 1. The highest BCUT2D eigenvalue weighted by Gasteiger charge is 2.54. The molecular formula is C15H19N3O3S2. The molecule has 2 heterocycles. The maximum atomic E-state index is 12.0. The summed E-state index contributed by atoms with van der Waals surface area (Å²) in [5, 5.41) is 9.30. The van der Waals surface area contributed by atoms with E-state index >= 15 is 0 Å². The quantitative estimate of drug-likeness (QED) is 0.740. The van der Waals surface area contributed by atoms with Crippen LogP contribution in [0.15, 0.2) is 4.99 Å². The lowest BCUT2D eigenvalue weighted by Crippen LogP contribution is -2.47. The number of amides is 1. The van der Waals surface area contributed by atoms with Crippen molar-refractivity contribution in [3.05, 3.63) is 0 Å². The molecular weight excluding hydrogens is 334 g/mol. The lowest BCUT2D eigenvalue weighted by molar-refractivity contribution is -0.116. The molecule has 23 heavy (non-hydrogen) atoms. The summed E-state index contributed by atoms with van der Waals surface area (Å²) in [6.07, 6.45) is 4.55. The predicted octanol–water partition coefficient (Wildman–Crippen LogP) is 1.19. The molecule has 2 saturated heterocycles. The molecule has 4 fully saturated rings. The van der Waals surface area contributed by atoms with Crippen molar-refractivity contribution < 1.29 is 13.2 Å². The number of aliphatic imine (C=N–C) groups is 1. The smallest absolute Gasteiger partial charge is 0.262 e.